The number of benzene rings is 1. The molecule has 0 aliphatic rings. The topological polar surface area (TPSA) is 75.1 Å². The first kappa shape index (κ1) is 16.6. The van der Waals surface area contributed by atoms with Crippen molar-refractivity contribution in [3.63, 3.8) is 0 Å². The fourth-order valence-corrected chi connectivity index (χ4v) is 2.68. The third-order valence-corrected chi connectivity index (χ3v) is 4.20. The maximum absolute atomic E-state index is 10.6. The van der Waals surface area contributed by atoms with Crippen LogP contribution >= 0.6 is 23.4 Å². The minimum absolute atomic E-state index is 0.100. The molecule has 2 rings (SSSR count). The highest BCUT2D eigenvalue weighted by Gasteiger charge is 2.07. The summed E-state index contributed by atoms with van der Waals surface area (Å²) in [5.41, 5.74) is 3.64. The Hall–Kier alpha value is -1.79. The van der Waals surface area contributed by atoms with Crippen molar-refractivity contribution in [3.05, 3.63) is 46.1 Å². The Balaban J connectivity index is 2.09. The van der Waals surface area contributed by atoms with Crippen LogP contribution < -0.4 is 5.32 Å². The highest BCUT2D eigenvalue weighted by molar-refractivity contribution is 7.99. The Labute approximate surface area is 138 Å². The van der Waals surface area contributed by atoms with Crippen molar-refractivity contribution < 1.29 is 9.90 Å². The summed E-state index contributed by atoms with van der Waals surface area (Å²) >= 11 is 6.99. The summed E-state index contributed by atoms with van der Waals surface area (Å²) in [5.74, 6) is -0.441. The van der Waals surface area contributed by atoms with Gasteiger partial charge in [0.1, 0.15) is 11.0 Å². The molecule has 1 aromatic carbocycles. The second-order valence-electron chi connectivity index (χ2n) is 4.75. The number of carboxylic acids is 1. The molecule has 116 valence electrons. The molecule has 0 bridgehead atoms. The molecular weight excluding hydrogens is 322 g/mol. The maximum Gasteiger partial charge on any atom is 0.313 e. The first-order chi connectivity index (χ1) is 10.5. The third kappa shape index (κ3) is 4.61. The molecule has 22 heavy (non-hydrogen) atoms. The van der Waals surface area contributed by atoms with Crippen molar-refractivity contribution in [2.75, 3.05) is 11.1 Å². The van der Waals surface area contributed by atoms with Gasteiger partial charge in [-0.2, -0.15) is 0 Å². The van der Waals surface area contributed by atoms with Gasteiger partial charge in [-0.1, -0.05) is 41.6 Å². The van der Waals surface area contributed by atoms with Crippen LogP contribution in [-0.4, -0.2) is 26.8 Å². The summed E-state index contributed by atoms with van der Waals surface area (Å²) in [6.07, 6.45) is 0. The number of rotatable bonds is 6. The van der Waals surface area contributed by atoms with Crippen LogP contribution in [0.25, 0.3) is 0 Å². The molecule has 2 N–H and O–H groups in total. The summed E-state index contributed by atoms with van der Waals surface area (Å²) in [4.78, 5) is 18.9. The fourth-order valence-electron chi connectivity index (χ4n) is 1.87. The lowest BCUT2D eigenvalue weighted by Gasteiger charge is -2.11. The second kappa shape index (κ2) is 7.47. The molecule has 0 saturated heterocycles. The third-order valence-electron chi connectivity index (χ3n) is 3.18. The van der Waals surface area contributed by atoms with E-state index in [1.165, 1.54) is 16.7 Å². The molecule has 0 fully saturated rings. The summed E-state index contributed by atoms with van der Waals surface area (Å²) < 4.78 is 0. The van der Waals surface area contributed by atoms with Gasteiger partial charge in [-0.05, 0) is 30.5 Å². The molecule has 2 aromatic rings. The van der Waals surface area contributed by atoms with E-state index in [4.69, 9.17) is 16.7 Å². The van der Waals surface area contributed by atoms with Crippen LogP contribution in [0.2, 0.25) is 5.15 Å². The number of nitrogens with one attached hydrogen (secondary N) is 1. The number of hydrogen-bond donors (Lipinski definition) is 2. The van der Waals surface area contributed by atoms with Crippen LogP contribution in [0.4, 0.5) is 5.82 Å². The van der Waals surface area contributed by atoms with Gasteiger partial charge in [0.05, 0.1) is 5.75 Å². The summed E-state index contributed by atoms with van der Waals surface area (Å²) in [7, 11) is 0. The molecule has 0 aliphatic carbocycles. The van der Waals surface area contributed by atoms with Gasteiger partial charge < -0.3 is 10.4 Å². The normalized spacial score (nSPS) is 10.5. The van der Waals surface area contributed by atoms with Gasteiger partial charge in [0.15, 0.2) is 5.16 Å². The van der Waals surface area contributed by atoms with E-state index in [1.54, 1.807) is 6.07 Å². The number of carboxylic acid groups (broad SMARTS) is 1. The number of aryl methyl sites for hydroxylation is 1. The van der Waals surface area contributed by atoms with E-state index in [0.717, 1.165) is 11.8 Å². The number of nitrogens with zero attached hydrogens (tertiary/aromatic N) is 2. The largest absolute Gasteiger partial charge is 0.481 e. The average molecular weight is 338 g/mol. The molecule has 0 unspecified atom stereocenters. The average Bonchev–Trinajstić information content (AvgIpc) is 2.46. The van der Waals surface area contributed by atoms with Gasteiger partial charge in [0, 0.05) is 12.6 Å². The smallest absolute Gasteiger partial charge is 0.313 e. The molecule has 0 aliphatic heterocycles. The molecule has 0 amide bonds. The van der Waals surface area contributed by atoms with E-state index in [9.17, 15) is 4.79 Å². The SMILES string of the molecule is Cc1cccc(CNc2cc(Cl)nc(SCC(=O)O)n2)c1C. The molecule has 1 aromatic heterocycles. The predicted octanol–water partition coefficient (Wildman–Crippen LogP) is 3.54. The molecule has 1 heterocycles. The monoisotopic (exact) mass is 337 g/mol. The highest BCUT2D eigenvalue weighted by atomic mass is 35.5. The highest BCUT2D eigenvalue weighted by Crippen LogP contribution is 2.20. The van der Waals surface area contributed by atoms with Crippen LogP contribution in [-0.2, 0) is 11.3 Å². The van der Waals surface area contributed by atoms with Gasteiger partial charge >= 0.3 is 5.97 Å². The minimum Gasteiger partial charge on any atom is -0.481 e. The lowest BCUT2D eigenvalue weighted by Crippen LogP contribution is -2.05. The zero-order chi connectivity index (χ0) is 16.1. The van der Waals surface area contributed by atoms with Crippen LogP contribution in [0.15, 0.2) is 29.4 Å². The van der Waals surface area contributed by atoms with Crippen molar-refractivity contribution in [2.24, 2.45) is 0 Å². The van der Waals surface area contributed by atoms with E-state index in [0.29, 0.717) is 17.5 Å². The maximum atomic E-state index is 10.6. The Morgan fingerprint density at radius 2 is 2.14 bits per heavy atom. The van der Waals surface area contributed by atoms with Crippen LogP contribution in [0.3, 0.4) is 0 Å². The number of carbonyl (C=O) groups is 1. The van der Waals surface area contributed by atoms with Gasteiger partial charge in [0.2, 0.25) is 0 Å². The molecule has 7 heteroatoms. The van der Waals surface area contributed by atoms with E-state index in [1.807, 2.05) is 6.07 Å². The van der Waals surface area contributed by atoms with Crippen molar-refractivity contribution in [1.29, 1.82) is 0 Å². The van der Waals surface area contributed by atoms with Crippen molar-refractivity contribution >= 4 is 35.1 Å². The van der Waals surface area contributed by atoms with Crippen LogP contribution in [0, 0.1) is 13.8 Å². The first-order valence-corrected chi connectivity index (χ1v) is 8.00. The molecule has 0 spiro atoms. The van der Waals surface area contributed by atoms with Crippen molar-refractivity contribution in [3.8, 4) is 0 Å². The van der Waals surface area contributed by atoms with E-state index in [2.05, 4.69) is 41.3 Å². The van der Waals surface area contributed by atoms with E-state index in [-0.39, 0.29) is 10.9 Å². The Morgan fingerprint density at radius 1 is 1.36 bits per heavy atom. The minimum atomic E-state index is -0.918. The number of anilines is 1. The molecule has 5 nitrogen and oxygen atoms in total. The van der Waals surface area contributed by atoms with E-state index < -0.39 is 5.97 Å². The van der Waals surface area contributed by atoms with Gasteiger partial charge in [-0.3, -0.25) is 4.79 Å². The van der Waals surface area contributed by atoms with E-state index >= 15 is 0 Å². The quantitative estimate of drug-likeness (QED) is 0.477. The van der Waals surface area contributed by atoms with Crippen molar-refractivity contribution in [1.82, 2.24) is 9.97 Å². The number of hydrogen-bond acceptors (Lipinski definition) is 5. The lowest BCUT2D eigenvalue weighted by atomic mass is 10.0. The van der Waals surface area contributed by atoms with Gasteiger partial charge in [-0.15, -0.1) is 0 Å². The number of halogens is 1. The summed E-state index contributed by atoms with van der Waals surface area (Å²) in [6.45, 7) is 4.76. The van der Waals surface area contributed by atoms with Gasteiger partial charge in [-0.25, -0.2) is 9.97 Å². The second-order valence-corrected chi connectivity index (χ2v) is 6.08. The number of aromatic nitrogens is 2. The zero-order valence-electron chi connectivity index (χ0n) is 12.3. The Bertz CT molecular complexity index is 694. The first-order valence-electron chi connectivity index (χ1n) is 6.64. The molecule has 0 radical (unpaired) electrons. The van der Waals surface area contributed by atoms with Gasteiger partial charge in [0.25, 0.3) is 0 Å². The van der Waals surface area contributed by atoms with Crippen LogP contribution in [0.5, 0.6) is 0 Å². The standard InChI is InChI=1S/C15H16ClN3O2S/c1-9-4-3-5-11(10(9)2)7-17-13-6-12(16)18-15(19-13)22-8-14(20)21/h3-6H,7-8H2,1-2H3,(H,20,21)(H,17,18,19). The summed E-state index contributed by atoms with van der Waals surface area (Å²) in [6, 6.07) is 7.76. The fraction of sp³-hybridized carbons (Fsp3) is 0.267. The Kier molecular flexibility index (Phi) is 5.63. The summed E-state index contributed by atoms with van der Waals surface area (Å²) in [5, 5.41) is 12.5. The molecule has 0 saturated carbocycles. The zero-order valence-corrected chi connectivity index (χ0v) is 13.8. The number of aliphatic carboxylic acids is 1. The number of thioether (sulfide) groups is 1. The predicted molar refractivity (Wildman–Crippen MR) is 88.6 cm³/mol. The van der Waals surface area contributed by atoms with Crippen LogP contribution in [0.1, 0.15) is 16.7 Å². The molecule has 0 atom stereocenters. The molecular formula is C15H16ClN3O2S. The lowest BCUT2D eigenvalue weighted by molar-refractivity contribution is -0.133. The Morgan fingerprint density at radius 3 is 2.86 bits per heavy atom. The van der Waals surface area contributed by atoms with Crippen molar-refractivity contribution in [2.45, 2.75) is 25.5 Å².